The Balaban J connectivity index is 2.23. The number of rotatable bonds is 5. The van der Waals surface area contributed by atoms with Gasteiger partial charge in [0.1, 0.15) is 11.7 Å². The molecule has 0 bridgehead atoms. The molecule has 0 saturated heterocycles. The van der Waals surface area contributed by atoms with Gasteiger partial charge in [0.05, 0.1) is 4.47 Å². The molecule has 0 unspecified atom stereocenters. The summed E-state index contributed by atoms with van der Waals surface area (Å²) >= 11 is 3.37. The zero-order valence-electron chi connectivity index (χ0n) is 14.9. The van der Waals surface area contributed by atoms with Crippen molar-refractivity contribution in [3.05, 3.63) is 52.4 Å². The van der Waals surface area contributed by atoms with Gasteiger partial charge in [-0.1, -0.05) is 30.3 Å². The van der Waals surface area contributed by atoms with Crippen molar-refractivity contribution < 1.29 is 9.53 Å². The molecule has 1 aromatic carbocycles. The van der Waals surface area contributed by atoms with E-state index in [9.17, 15) is 4.79 Å². The maximum Gasteiger partial charge on any atom is 0.426 e. The molecule has 2 rings (SSSR count). The van der Waals surface area contributed by atoms with Crippen molar-refractivity contribution in [2.75, 3.05) is 11.6 Å². The molecular formula is C18H20BrN5O2. The lowest BCUT2D eigenvalue weighted by atomic mass is 10.1. The minimum Gasteiger partial charge on any atom is -0.443 e. The second-order valence-corrected chi connectivity index (χ2v) is 7.33. The highest BCUT2D eigenvalue weighted by Gasteiger charge is 2.21. The third-order valence-electron chi connectivity index (χ3n) is 3.17. The number of halogens is 1. The Kier molecular flexibility index (Phi) is 6.52. The summed E-state index contributed by atoms with van der Waals surface area (Å²) in [5.41, 5.74) is 3.17. The van der Waals surface area contributed by atoms with Gasteiger partial charge in [-0.3, -0.25) is 5.01 Å². The smallest absolute Gasteiger partial charge is 0.426 e. The van der Waals surface area contributed by atoms with E-state index < -0.39 is 11.7 Å². The summed E-state index contributed by atoms with van der Waals surface area (Å²) in [5.74, 6) is 0.400. The van der Waals surface area contributed by atoms with E-state index in [0.717, 1.165) is 5.56 Å². The van der Waals surface area contributed by atoms with E-state index in [4.69, 9.17) is 10.00 Å². The number of ether oxygens (including phenoxy) is 1. The van der Waals surface area contributed by atoms with E-state index in [1.807, 2.05) is 36.4 Å². The summed E-state index contributed by atoms with van der Waals surface area (Å²) in [4.78, 5) is 20.3. The van der Waals surface area contributed by atoms with Crippen molar-refractivity contribution in [1.82, 2.24) is 15.4 Å². The van der Waals surface area contributed by atoms with Crippen LogP contribution in [0, 0.1) is 11.3 Å². The first-order chi connectivity index (χ1) is 12.3. The number of carbonyl (C=O) groups is 1. The first-order valence-corrected chi connectivity index (χ1v) is 8.81. The normalized spacial score (nSPS) is 10.7. The van der Waals surface area contributed by atoms with Gasteiger partial charge in [0, 0.05) is 12.7 Å². The highest BCUT2D eigenvalue weighted by Crippen LogP contribution is 2.22. The van der Waals surface area contributed by atoms with Gasteiger partial charge in [-0.25, -0.2) is 15.2 Å². The number of carbonyl (C=O) groups excluding carboxylic acids is 1. The number of anilines is 1. The molecule has 1 aromatic heterocycles. The van der Waals surface area contributed by atoms with Crippen LogP contribution in [0.4, 0.5) is 10.6 Å². The number of benzene rings is 1. The van der Waals surface area contributed by atoms with E-state index >= 15 is 0 Å². The Hall–Kier alpha value is -2.66. The van der Waals surface area contributed by atoms with Crippen LogP contribution in [0.2, 0.25) is 0 Å². The monoisotopic (exact) mass is 417 g/mol. The van der Waals surface area contributed by atoms with E-state index in [1.54, 1.807) is 25.8 Å². The van der Waals surface area contributed by atoms with Crippen molar-refractivity contribution in [1.29, 1.82) is 5.26 Å². The van der Waals surface area contributed by atoms with Crippen LogP contribution in [0.3, 0.4) is 0 Å². The average Bonchev–Trinajstić information content (AvgIpc) is 2.58. The van der Waals surface area contributed by atoms with Crippen LogP contribution in [0.25, 0.3) is 0 Å². The maximum atomic E-state index is 12.2. The fraction of sp³-hybridized carbons (Fsp3) is 0.333. The topological polar surface area (TPSA) is 91.1 Å². The summed E-state index contributed by atoms with van der Waals surface area (Å²) in [6.07, 6.45) is 1.54. The van der Waals surface area contributed by atoms with Crippen LogP contribution in [0.5, 0.6) is 0 Å². The molecule has 0 aliphatic carbocycles. The quantitative estimate of drug-likeness (QED) is 0.747. The average molecular weight is 418 g/mol. The van der Waals surface area contributed by atoms with Gasteiger partial charge in [-0.15, -0.1) is 0 Å². The third-order valence-corrected chi connectivity index (χ3v) is 3.73. The van der Waals surface area contributed by atoms with Gasteiger partial charge >= 0.3 is 6.09 Å². The van der Waals surface area contributed by atoms with E-state index in [1.165, 1.54) is 6.20 Å². The highest BCUT2D eigenvalue weighted by atomic mass is 79.9. The standard InChI is InChI=1S/C18H20BrN5O2/c1-18(2,3)26-17(25)23-24(10-9-13-7-5-4-6-8-13)16-14(19)12-21-15(11-20)22-16/h4-8,12H,9-10H2,1-3H3,(H,23,25). The Morgan fingerprint density at radius 3 is 2.65 bits per heavy atom. The molecule has 7 nitrogen and oxygen atoms in total. The van der Waals surface area contributed by atoms with Crippen LogP contribution in [0.1, 0.15) is 32.2 Å². The van der Waals surface area contributed by atoms with Crippen molar-refractivity contribution in [2.24, 2.45) is 0 Å². The maximum absolute atomic E-state index is 12.2. The first kappa shape index (κ1) is 19.7. The zero-order chi connectivity index (χ0) is 19.2. The van der Waals surface area contributed by atoms with Gasteiger partial charge in [-0.05, 0) is 48.7 Å². The van der Waals surface area contributed by atoms with Crippen molar-refractivity contribution in [3.63, 3.8) is 0 Å². The molecule has 1 N–H and O–H groups in total. The number of nitrogens with one attached hydrogen (secondary N) is 1. The number of hydrazine groups is 1. The van der Waals surface area contributed by atoms with Gasteiger partial charge in [0.2, 0.25) is 5.82 Å². The highest BCUT2D eigenvalue weighted by molar-refractivity contribution is 9.10. The molecule has 1 amide bonds. The predicted octanol–water partition coefficient (Wildman–Crippen LogP) is 3.60. The summed E-state index contributed by atoms with van der Waals surface area (Å²) < 4.78 is 5.88. The molecule has 26 heavy (non-hydrogen) atoms. The van der Waals surface area contributed by atoms with E-state index in [0.29, 0.717) is 23.3 Å². The third kappa shape index (κ3) is 6.01. The Labute approximate surface area is 161 Å². The number of nitriles is 1. The molecule has 0 fully saturated rings. The minimum absolute atomic E-state index is 0.0129. The van der Waals surface area contributed by atoms with Gasteiger partial charge < -0.3 is 4.74 Å². The van der Waals surface area contributed by atoms with Crippen molar-refractivity contribution >= 4 is 27.8 Å². The summed E-state index contributed by atoms with van der Waals surface area (Å²) in [6.45, 7) is 5.80. The van der Waals surface area contributed by atoms with E-state index in [-0.39, 0.29) is 5.82 Å². The molecule has 0 atom stereocenters. The Morgan fingerprint density at radius 1 is 1.35 bits per heavy atom. The molecule has 8 heteroatoms. The molecule has 136 valence electrons. The molecule has 1 heterocycles. The Morgan fingerprint density at radius 2 is 2.04 bits per heavy atom. The number of amides is 1. The number of hydrogen-bond acceptors (Lipinski definition) is 6. The van der Waals surface area contributed by atoms with Crippen LogP contribution < -0.4 is 10.4 Å². The van der Waals surface area contributed by atoms with Crippen LogP contribution in [-0.4, -0.2) is 28.2 Å². The molecule has 0 aliphatic heterocycles. The largest absolute Gasteiger partial charge is 0.443 e. The predicted molar refractivity (Wildman–Crippen MR) is 101 cm³/mol. The second-order valence-electron chi connectivity index (χ2n) is 6.48. The van der Waals surface area contributed by atoms with Crippen molar-refractivity contribution in [2.45, 2.75) is 32.8 Å². The van der Waals surface area contributed by atoms with E-state index in [2.05, 4.69) is 31.3 Å². The van der Waals surface area contributed by atoms with Crippen LogP contribution >= 0.6 is 15.9 Å². The van der Waals surface area contributed by atoms with Crippen molar-refractivity contribution in [3.8, 4) is 6.07 Å². The molecule has 0 aliphatic rings. The molecule has 2 aromatic rings. The zero-order valence-corrected chi connectivity index (χ0v) is 16.4. The fourth-order valence-corrected chi connectivity index (χ4v) is 2.52. The molecule has 0 radical (unpaired) electrons. The minimum atomic E-state index is -0.629. The Bertz CT molecular complexity index is 799. The summed E-state index contributed by atoms with van der Waals surface area (Å²) in [5, 5.41) is 10.6. The first-order valence-electron chi connectivity index (χ1n) is 8.02. The molecule has 0 saturated carbocycles. The number of hydrogen-bond donors (Lipinski definition) is 1. The van der Waals surface area contributed by atoms with Crippen LogP contribution in [-0.2, 0) is 11.2 Å². The molecule has 0 spiro atoms. The summed E-state index contributed by atoms with van der Waals surface area (Å²) in [6, 6.07) is 11.8. The lowest BCUT2D eigenvalue weighted by molar-refractivity contribution is 0.0520. The second kappa shape index (κ2) is 8.63. The lowest BCUT2D eigenvalue weighted by Gasteiger charge is -2.27. The number of nitrogens with zero attached hydrogens (tertiary/aromatic N) is 4. The lowest BCUT2D eigenvalue weighted by Crippen LogP contribution is -2.46. The summed E-state index contributed by atoms with van der Waals surface area (Å²) in [7, 11) is 0. The molecular weight excluding hydrogens is 398 g/mol. The fourth-order valence-electron chi connectivity index (χ4n) is 2.11. The SMILES string of the molecule is CC(C)(C)OC(=O)NN(CCc1ccccc1)c1nc(C#N)ncc1Br. The van der Waals surface area contributed by atoms with Gasteiger partial charge in [-0.2, -0.15) is 10.2 Å². The number of aromatic nitrogens is 2. The van der Waals surface area contributed by atoms with Gasteiger partial charge in [0.15, 0.2) is 5.82 Å². The van der Waals surface area contributed by atoms with Crippen LogP contribution in [0.15, 0.2) is 41.0 Å². The van der Waals surface area contributed by atoms with Gasteiger partial charge in [0.25, 0.3) is 0 Å².